The molecule has 0 spiro atoms. The summed E-state index contributed by atoms with van der Waals surface area (Å²) in [6, 6.07) is 16.5. The van der Waals surface area contributed by atoms with Gasteiger partial charge in [-0.2, -0.15) is 9.78 Å². The van der Waals surface area contributed by atoms with Crippen molar-refractivity contribution in [2.24, 2.45) is 0 Å². The number of thioether (sulfide) groups is 1. The van der Waals surface area contributed by atoms with Crippen molar-refractivity contribution in [3.63, 3.8) is 0 Å². The molecule has 3 aromatic rings. The molecule has 138 valence electrons. The first-order valence-corrected chi connectivity index (χ1v) is 9.58. The highest BCUT2D eigenvalue weighted by atomic mass is 32.2. The van der Waals surface area contributed by atoms with Gasteiger partial charge in [-0.1, -0.05) is 30.0 Å². The van der Waals surface area contributed by atoms with Gasteiger partial charge in [-0.3, -0.25) is 9.59 Å². The van der Waals surface area contributed by atoms with E-state index in [1.165, 1.54) is 22.5 Å². The normalized spacial score (nSPS) is 10.6. The summed E-state index contributed by atoms with van der Waals surface area (Å²) < 4.78 is 1.37. The number of carbonyl (C=O) groups excluding carboxylic acids is 1. The number of aryl methyl sites for hydroxylation is 3. The monoisotopic (exact) mass is 379 g/mol. The second kappa shape index (κ2) is 8.22. The van der Waals surface area contributed by atoms with Gasteiger partial charge in [0.2, 0.25) is 5.91 Å². The quantitative estimate of drug-likeness (QED) is 0.683. The SMILES string of the molecule is Cc1cccc(NC(=O)CSc2ccc(=O)n(-c3ccc(C)c(C)c3)n2)c1. The second-order valence-electron chi connectivity index (χ2n) is 6.40. The van der Waals surface area contributed by atoms with Crippen LogP contribution < -0.4 is 10.9 Å². The molecule has 0 aliphatic carbocycles. The number of carbonyl (C=O) groups is 1. The van der Waals surface area contributed by atoms with Crippen LogP contribution >= 0.6 is 11.8 Å². The summed E-state index contributed by atoms with van der Waals surface area (Å²) in [5, 5.41) is 7.88. The predicted molar refractivity (Wildman–Crippen MR) is 110 cm³/mol. The smallest absolute Gasteiger partial charge is 0.271 e. The Balaban J connectivity index is 1.71. The van der Waals surface area contributed by atoms with Crippen molar-refractivity contribution in [3.8, 4) is 5.69 Å². The summed E-state index contributed by atoms with van der Waals surface area (Å²) in [6.07, 6.45) is 0. The lowest BCUT2D eigenvalue weighted by Crippen LogP contribution is -2.21. The van der Waals surface area contributed by atoms with E-state index in [1.54, 1.807) is 6.07 Å². The van der Waals surface area contributed by atoms with E-state index in [0.717, 1.165) is 28.1 Å². The number of nitrogens with zero attached hydrogens (tertiary/aromatic N) is 2. The van der Waals surface area contributed by atoms with E-state index >= 15 is 0 Å². The fourth-order valence-electron chi connectivity index (χ4n) is 2.57. The Labute approximate surface area is 162 Å². The zero-order valence-corrected chi connectivity index (χ0v) is 16.3. The number of anilines is 1. The van der Waals surface area contributed by atoms with E-state index in [2.05, 4.69) is 10.4 Å². The average molecular weight is 379 g/mol. The minimum Gasteiger partial charge on any atom is -0.325 e. The van der Waals surface area contributed by atoms with Gasteiger partial charge in [-0.25, -0.2) is 0 Å². The fourth-order valence-corrected chi connectivity index (χ4v) is 3.23. The van der Waals surface area contributed by atoms with Gasteiger partial charge in [0.1, 0.15) is 5.03 Å². The Morgan fingerprint density at radius 3 is 2.59 bits per heavy atom. The van der Waals surface area contributed by atoms with Crippen LogP contribution in [0.3, 0.4) is 0 Å². The molecular formula is C21H21N3O2S. The van der Waals surface area contributed by atoms with Crippen molar-refractivity contribution in [3.05, 3.63) is 81.6 Å². The van der Waals surface area contributed by atoms with Crippen molar-refractivity contribution < 1.29 is 4.79 Å². The lowest BCUT2D eigenvalue weighted by molar-refractivity contribution is -0.113. The van der Waals surface area contributed by atoms with Crippen molar-refractivity contribution in [1.82, 2.24) is 9.78 Å². The topological polar surface area (TPSA) is 64.0 Å². The number of amides is 1. The maximum absolute atomic E-state index is 12.2. The van der Waals surface area contributed by atoms with E-state index in [9.17, 15) is 9.59 Å². The van der Waals surface area contributed by atoms with Crippen LogP contribution in [0, 0.1) is 20.8 Å². The first kappa shape index (κ1) is 18.9. The maximum Gasteiger partial charge on any atom is 0.271 e. The number of hydrogen-bond acceptors (Lipinski definition) is 4. The number of benzene rings is 2. The lowest BCUT2D eigenvalue weighted by atomic mass is 10.1. The van der Waals surface area contributed by atoms with E-state index in [-0.39, 0.29) is 17.2 Å². The number of aromatic nitrogens is 2. The predicted octanol–water partition coefficient (Wildman–Crippen LogP) is 3.89. The van der Waals surface area contributed by atoms with E-state index in [1.807, 2.05) is 63.2 Å². The summed E-state index contributed by atoms with van der Waals surface area (Å²) in [7, 11) is 0. The fraction of sp³-hybridized carbons (Fsp3) is 0.190. The molecule has 1 heterocycles. The van der Waals surface area contributed by atoms with Gasteiger partial charge in [-0.05, 0) is 67.8 Å². The van der Waals surface area contributed by atoms with Gasteiger partial charge in [0.25, 0.3) is 5.56 Å². The Kier molecular flexibility index (Phi) is 5.76. The maximum atomic E-state index is 12.2. The minimum absolute atomic E-state index is 0.115. The molecule has 1 amide bonds. The molecule has 0 unspecified atom stereocenters. The molecule has 0 radical (unpaired) electrons. The van der Waals surface area contributed by atoms with Crippen LogP contribution in [0.4, 0.5) is 5.69 Å². The highest BCUT2D eigenvalue weighted by Gasteiger charge is 2.08. The largest absolute Gasteiger partial charge is 0.325 e. The molecule has 1 aromatic heterocycles. The molecule has 1 N–H and O–H groups in total. The third-order valence-electron chi connectivity index (χ3n) is 4.16. The molecule has 0 aliphatic heterocycles. The molecule has 27 heavy (non-hydrogen) atoms. The van der Waals surface area contributed by atoms with Gasteiger partial charge < -0.3 is 5.32 Å². The zero-order chi connectivity index (χ0) is 19.4. The van der Waals surface area contributed by atoms with Crippen LogP contribution in [0.1, 0.15) is 16.7 Å². The van der Waals surface area contributed by atoms with Crippen molar-refractivity contribution in [2.75, 3.05) is 11.1 Å². The number of hydrogen-bond donors (Lipinski definition) is 1. The molecule has 0 atom stereocenters. The molecule has 2 aromatic carbocycles. The van der Waals surface area contributed by atoms with Gasteiger partial charge in [-0.15, -0.1) is 0 Å². The molecule has 5 nitrogen and oxygen atoms in total. The molecule has 3 rings (SSSR count). The summed E-state index contributed by atoms with van der Waals surface area (Å²) in [5.74, 6) is 0.0998. The van der Waals surface area contributed by atoms with Gasteiger partial charge >= 0.3 is 0 Å². The Morgan fingerprint density at radius 1 is 1.04 bits per heavy atom. The Morgan fingerprint density at radius 2 is 1.85 bits per heavy atom. The second-order valence-corrected chi connectivity index (χ2v) is 7.39. The molecule has 0 bridgehead atoms. The van der Waals surface area contributed by atoms with Crippen LogP contribution in [0.15, 0.2) is 64.4 Å². The molecule has 0 aliphatic rings. The van der Waals surface area contributed by atoms with Crippen molar-refractivity contribution in [1.29, 1.82) is 0 Å². The standard InChI is InChI=1S/C21H21N3O2S/c1-14-5-4-6-17(11-14)22-19(25)13-27-20-9-10-21(26)24(23-20)18-8-7-15(2)16(3)12-18/h4-12H,13H2,1-3H3,(H,22,25). The molecule has 0 saturated heterocycles. The third kappa shape index (κ3) is 4.86. The zero-order valence-electron chi connectivity index (χ0n) is 15.5. The van der Waals surface area contributed by atoms with Crippen LogP contribution in [-0.4, -0.2) is 21.4 Å². The lowest BCUT2D eigenvalue weighted by Gasteiger charge is -2.09. The van der Waals surface area contributed by atoms with Crippen LogP contribution in [-0.2, 0) is 4.79 Å². The first-order chi connectivity index (χ1) is 12.9. The van der Waals surface area contributed by atoms with Crippen molar-refractivity contribution in [2.45, 2.75) is 25.8 Å². The van der Waals surface area contributed by atoms with Crippen LogP contribution in [0.25, 0.3) is 5.69 Å². The van der Waals surface area contributed by atoms with E-state index < -0.39 is 0 Å². The molecule has 0 fully saturated rings. The van der Waals surface area contributed by atoms with E-state index in [4.69, 9.17) is 0 Å². The van der Waals surface area contributed by atoms with Crippen molar-refractivity contribution >= 4 is 23.4 Å². The highest BCUT2D eigenvalue weighted by Crippen LogP contribution is 2.17. The van der Waals surface area contributed by atoms with Crippen LogP contribution in [0.5, 0.6) is 0 Å². The van der Waals surface area contributed by atoms with E-state index in [0.29, 0.717) is 5.03 Å². The third-order valence-corrected chi connectivity index (χ3v) is 5.08. The summed E-state index contributed by atoms with van der Waals surface area (Å²) in [5.41, 5.74) is 4.62. The average Bonchev–Trinajstić information content (AvgIpc) is 2.63. The Hall–Kier alpha value is -2.86. The Bertz CT molecular complexity index is 1040. The molecule has 6 heteroatoms. The summed E-state index contributed by atoms with van der Waals surface area (Å²) in [6.45, 7) is 6.00. The molecular weight excluding hydrogens is 358 g/mol. The minimum atomic E-state index is -0.202. The number of nitrogens with one attached hydrogen (secondary N) is 1. The van der Waals surface area contributed by atoms with Crippen LogP contribution in [0.2, 0.25) is 0 Å². The van der Waals surface area contributed by atoms with Gasteiger partial charge in [0.05, 0.1) is 11.4 Å². The first-order valence-electron chi connectivity index (χ1n) is 8.60. The van der Waals surface area contributed by atoms with Gasteiger partial charge in [0.15, 0.2) is 0 Å². The van der Waals surface area contributed by atoms with Gasteiger partial charge in [0, 0.05) is 11.8 Å². The molecule has 0 saturated carbocycles. The summed E-state index contributed by atoms with van der Waals surface area (Å²) >= 11 is 1.29. The summed E-state index contributed by atoms with van der Waals surface area (Å²) in [4.78, 5) is 24.4. The number of rotatable bonds is 5. The highest BCUT2D eigenvalue weighted by molar-refractivity contribution is 7.99.